The minimum Gasteiger partial charge on any atom is -0.481 e. The summed E-state index contributed by atoms with van der Waals surface area (Å²) in [6.07, 6.45) is -3.28. The first kappa shape index (κ1) is 15.1. The number of carboxylic acids is 1. The number of aliphatic hydroxyl groups excluding tert-OH is 2. The molecule has 0 aliphatic rings. The van der Waals surface area contributed by atoms with Crippen LogP contribution in [0.4, 0.5) is 0 Å². The van der Waals surface area contributed by atoms with Crippen LogP contribution in [0.25, 0.3) is 0 Å². The van der Waals surface area contributed by atoms with E-state index in [9.17, 15) is 19.8 Å². The molecule has 0 heterocycles. The molecule has 0 bridgehead atoms. The van der Waals surface area contributed by atoms with Gasteiger partial charge in [-0.3, -0.25) is 4.79 Å². The van der Waals surface area contributed by atoms with Gasteiger partial charge in [0.2, 0.25) is 0 Å². The van der Waals surface area contributed by atoms with E-state index in [1.54, 1.807) is 6.92 Å². The summed E-state index contributed by atoms with van der Waals surface area (Å²) < 4.78 is 4.56. The summed E-state index contributed by atoms with van der Waals surface area (Å²) in [7, 11) is 1.26. The molecule has 0 aromatic heterocycles. The van der Waals surface area contributed by atoms with Crippen molar-refractivity contribution < 1.29 is 29.6 Å². The van der Waals surface area contributed by atoms with Crippen LogP contribution in [-0.2, 0) is 9.53 Å². The van der Waals surface area contributed by atoms with Gasteiger partial charge in [-0.15, -0.1) is 0 Å². The number of ether oxygens (including phenoxy) is 1. The Morgan fingerprint density at radius 3 is 2.42 bits per heavy atom. The van der Waals surface area contributed by atoms with Gasteiger partial charge in [-0.05, 0) is 30.2 Å². The summed E-state index contributed by atoms with van der Waals surface area (Å²) in [5.74, 6) is -1.70. The van der Waals surface area contributed by atoms with Crippen LogP contribution in [0, 0.1) is 6.92 Å². The van der Waals surface area contributed by atoms with Crippen molar-refractivity contribution in [3.05, 3.63) is 34.9 Å². The number of carboxylic acid groups (broad SMARTS) is 1. The Morgan fingerprint density at radius 1 is 1.32 bits per heavy atom. The third-order valence-corrected chi connectivity index (χ3v) is 2.76. The van der Waals surface area contributed by atoms with Crippen LogP contribution in [0.5, 0.6) is 0 Å². The molecular weight excluding hydrogens is 252 g/mol. The van der Waals surface area contributed by atoms with Crippen LogP contribution in [0.15, 0.2) is 18.2 Å². The Labute approximate surface area is 110 Å². The first-order valence-corrected chi connectivity index (χ1v) is 5.63. The van der Waals surface area contributed by atoms with Crippen molar-refractivity contribution in [1.29, 1.82) is 0 Å². The standard InChI is InChI=1S/C13H16O6/c1-7-5-8(13(18)19-2)3-4-9(7)12(17)10(14)6-11(15)16/h3-5,10,12,14,17H,6H2,1-2H3,(H,15,16). The van der Waals surface area contributed by atoms with Crippen molar-refractivity contribution >= 4 is 11.9 Å². The van der Waals surface area contributed by atoms with E-state index in [2.05, 4.69) is 4.74 Å². The summed E-state index contributed by atoms with van der Waals surface area (Å²) in [5.41, 5.74) is 1.27. The Balaban J connectivity index is 2.95. The molecule has 0 fully saturated rings. The largest absolute Gasteiger partial charge is 0.481 e. The second-order valence-electron chi connectivity index (χ2n) is 4.17. The van der Waals surface area contributed by atoms with Gasteiger partial charge in [0.25, 0.3) is 0 Å². The minimum absolute atomic E-state index is 0.323. The molecule has 1 aromatic carbocycles. The maximum absolute atomic E-state index is 11.3. The number of esters is 1. The normalized spacial score (nSPS) is 13.7. The molecule has 0 saturated carbocycles. The van der Waals surface area contributed by atoms with Gasteiger partial charge < -0.3 is 20.1 Å². The highest BCUT2D eigenvalue weighted by atomic mass is 16.5. The van der Waals surface area contributed by atoms with E-state index < -0.39 is 30.6 Å². The Morgan fingerprint density at radius 2 is 1.95 bits per heavy atom. The monoisotopic (exact) mass is 268 g/mol. The fourth-order valence-corrected chi connectivity index (χ4v) is 1.75. The number of carbonyl (C=O) groups excluding carboxylic acids is 1. The van der Waals surface area contributed by atoms with Crippen molar-refractivity contribution in [2.75, 3.05) is 7.11 Å². The fourth-order valence-electron chi connectivity index (χ4n) is 1.75. The summed E-state index contributed by atoms with van der Waals surface area (Å²) in [6.45, 7) is 1.65. The molecule has 1 aromatic rings. The highest BCUT2D eigenvalue weighted by molar-refractivity contribution is 5.89. The lowest BCUT2D eigenvalue weighted by molar-refractivity contribution is -0.141. The number of hydrogen-bond acceptors (Lipinski definition) is 5. The average molecular weight is 268 g/mol. The second-order valence-corrected chi connectivity index (χ2v) is 4.17. The van der Waals surface area contributed by atoms with Crippen LogP contribution in [-0.4, -0.2) is 40.5 Å². The number of hydrogen-bond donors (Lipinski definition) is 3. The quantitative estimate of drug-likeness (QED) is 0.677. The minimum atomic E-state index is -1.40. The van der Waals surface area contributed by atoms with E-state index in [0.29, 0.717) is 16.7 Å². The predicted molar refractivity (Wildman–Crippen MR) is 65.7 cm³/mol. The Bertz CT molecular complexity index is 482. The Hall–Kier alpha value is -1.92. The molecule has 0 amide bonds. The fraction of sp³-hybridized carbons (Fsp3) is 0.385. The lowest BCUT2D eigenvalue weighted by Crippen LogP contribution is -2.22. The highest BCUT2D eigenvalue weighted by Gasteiger charge is 2.23. The van der Waals surface area contributed by atoms with Crippen LogP contribution >= 0.6 is 0 Å². The van der Waals surface area contributed by atoms with E-state index in [1.807, 2.05) is 0 Å². The predicted octanol–water partition coefficient (Wildman–Crippen LogP) is 0.651. The number of aryl methyl sites for hydroxylation is 1. The van der Waals surface area contributed by atoms with Gasteiger partial charge >= 0.3 is 11.9 Å². The summed E-state index contributed by atoms with van der Waals surface area (Å²) in [4.78, 5) is 21.8. The van der Waals surface area contributed by atoms with Crippen molar-refractivity contribution in [2.45, 2.75) is 25.6 Å². The van der Waals surface area contributed by atoms with Crippen molar-refractivity contribution in [1.82, 2.24) is 0 Å². The van der Waals surface area contributed by atoms with Gasteiger partial charge in [-0.25, -0.2) is 4.79 Å². The molecule has 0 aliphatic heterocycles. The molecule has 0 radical (unpaired) electrons. The van der Waals surface area contributed by atoms with Gasteiger partial charge in [0, 0.05) is 0 Å². The molecule has 104 valence electrons. The van der Waals surface area contributed by atoms with Crippen molar-refractivity contribution in [3.63, 3.8) is 0 Å². The SMILES string of the molecule is COC(=O)c1ccc(C(O)C(O)CC(=O)O)c(C)c1. The number of methoxy groups -OCH3 is 1. The van der Waals surface area contributed by atoms with E-state index >= 15 is 0 Å². The van der Waals surface area contributed by atoms with Crippen LogP contribution in [0.3, 0.4) is 0 Å². The van der Waals surface area contributed by atoms with E-state index in [-0.39, 0.29) is 0 Å². The topological polar surface area (TPSA) is 104 Å². The van der Waals surface area contributed by atoms with Gasteiger partial charge in [-0.2, -0.15) is 0 Å². The van der Waals surface area contributed by atoms with Crippen LogP contribution in [0.1, 0.15) is 34.0 Å². The average Bonchev–Trinajstić information content (AvgIpc) is 2.36. The van der Waals surface area contributed by atoms with E-state index in [4.69, 9.17) is 5.11 Å². The van der Waals surface area contributed by atoms with Crippen LogP contribution < -0.4 is 0 Å². The zero-order valence-electron chi connectivity index (χ0n) is 10.7. The van der Waals surface area contributed by atoms with E-state index in [1.165, 1.54) is 25.3 Å². The molecule has 3 N–H and O–H groups in total. The summed E-state index contributed by atoms with van der Waals surface area (Å²) in [5, 5.41) is 28.0. The van der Waals surface area contributed by atoms with Gasteiger partial charge in [0.1, 0.15) is 6.10 Å². The number of benzene rings is 1. The molecule has 1 rings (SSSR count). The van der Waals surface area contributed by atoms with Gasteiger partial charge in [-0.1, -0.05) is 6.07 Å². The lowest BCUT2D eigenvalue weighted by atomic mass is 9.96. The third kappa shape index (κ3) is 3.77. The molecule has 6 heteroatoms. The molecule has 0 spiro atoms. The molecule has 19 heavy (non-hydrogen) atoms. The zero-order chi connectivity index (χ0) is 14.6. The molecular formula is C13H16O6. The van der Waals surface area contributed by atoms with Crippen molar-refractivity contribution in [3.8, 4) is 0 Å². The van der Waals surface area contributed by atoms with Crippen LogP contribution in [0.2, 0.25) is 0 Å². The zero-order valence-corrected chi connectivity index (χ0v) is 10.7. The number of rotatable bonds is 5. The highest BCUT2D eigenvalue weighted by Crippen LogP contribution is 2.23. The molecule has 0 saturated heterocycles. The lowest BCUT2D eigenvalue weighted by Gasteiger charge is -2.18. The maximum atomic E-state index is 11.3. The summed E-state index contributed by atoms with van der Waals surface area (Å²) in [6, 6.07) is 4.43. The van der Waals surface area contributed by atoms with E-state index in [0.717, 1.165) is 0 Å². The van der Waals surface area contributed by atoms with Gasteiger partial charge in [0.05, 0.1) is 25.2 Å². The number of carbonyl (C=O) groups is 2. The molecule has 2 unspecified atom stereocenters. The van der Waals surface area contributed by atoms with Gasteiger partial charge in [0.15, 0.2) is 0 Å². The maximum Gasteiger partial charge on any atom is 0.337 e. The Kier molecular flexibility index (Phi) is 5.02. The number of aliphatic carboxylic acids is 1. The van der Waals surface area contributed by atoms with Crippen molar-refractivity contribution in [2.24, 2.45) is 0 Å². The number of aliphatic hydroxyl groups is 2. The summed E-state index contributed by atoms with van der Waals surface area (Å²) >= 11 is 0. The second kappa shape index (κ2) is 6.31. The molecule has 6 nitrogen and oxygen atoms in total. The first-order valence-electron chi connectivity index (χ1n) is 5.63. The molecule has 0 aliphatic carbocycles. The first-order chi connectivity index (χ1) is 8.86. The molecule has 2 atom stereocenters. The smallest absolute Gasteiger partial charge is 0.337 e. The third-order valence-electron chi connectivity index (χ3n) is 2.76.